The minimum atomic E-state index is -4.69. The van der Waals surface area contributed by atoms with Gasteiger partial charge in [-0.15, -0.1) is 0 Å². The SMILES string of the molecule is C1CCN2C[C@@H]3C[C@@H](CN4CCCC[C@@H]34)[C@@H]2C1.[O-][Cl+3]([O-])([O-])O. The molecule has 0 unspecified atom stereocenters. The molecule has 0 amide bonds. The van der Waals surface area contributed by atoms with Crippen LogP contribution in [-0.2, 0) is 0 Å². The van der Waals surface area contributed by atoms with E-state index in [9.17, 15) is 0 Å². The summed E-state index contributed by atoms with van der Waals surface area (Å²) in [5.74, 6) is 2.03. The van der Waals surface area contributed by atoms with Crippen LogP contribution in [0.5, 0.6) is 0 Å². The predicted octanol–water partition coefficient (Wildman–Crippen LogP) is -1.78. The van der Waals surface area contributed by atoms with Gasteiger partial charge >= 0.3 is 0 Å². The monoisotopic (exact) mass is 334 g/mol. The first-order chi connectivity index (χ1) is 10.4. The zero-order chi connectivity index (χ0) is 15.7. The molecule has 4 aliphatic heterocycles. The van der Waals surface area contributed by atoms with Gasteiger partial charge in [0.15, 0.2) is 0 Å². The van der Waals surface area contributed by atoms with E-state index >= 15 is 0 Å². The van der Waals surface area contributed by atoms with Crippen molar-refractivity contribution in [3.05, 3.63) is 0 Å². The van der Waals surface area contributed by atoms with Crippen molar-refractivity contribution < 1.29 is 28.9 Å². The van der Waals surface area contributed by atoms with E-state index in [0.717, 1.165) is 23.9 Å². The molecular weight excluding hydrogens is 308 g/mol. The number of rotatable bonds is 0. The molecule has 2 bridgehead atoms. The van der Waals surface area contributed by atoms with Crippen LogP contribution in [0.1, 0.15) is 44.9 Å². The van der Waals surface area contributed by atoms with Crippen LogP contribution < -0.4 is 14.0 Å². The van der Waals surface area contributed by atoms with Gasteiger partial charge < -0.3 is 0 Å². The van der Waals surface area contributed by atoms with Crippen LogP contribution >= 0.6 is 0 Å². The number of piperidine rings is 4. The third-order valence-electron chi connectivity index (χ3n) is 5.96. The van der Waals surface area contributed by atoms with E-state index in [1.165, 1.54) is 64.7 Å². The molecule has 0 saturated carbocycles. The molecule has 0 aliphatic carbocycles. The predicted molar refractivity (Wildman–Crippen MR) is 72.2 cm³/mol. The quantitative estimate of drug-likeness (QED) is 0.563. The van der Waals surface area contributed by atoms with Crippen molar-refractivity contribution in [1.29, 1.82) is 0 Å². The van der Waals surface area contributed by atoms with Gasteiger partial charge in [0.05, 0.1) is 14.9 Å². The molecule has 0 aromatic carbocycles. The zero-order valence-corrected chi connectivity index (χ0v) is 13.8. The second-order valence-electron chi connectivity index (χ2n) is 7.27. The second-order valence-corrected chi connectivity index (χ2v) is 8.06. The smallest absolute Gasteiger partial charge is 0.0777 e. The Kier molecular flexibility index (Phi) is 5.29. The summed E-state index contributed by atoms with van der Waals surface area (Å²) >= 11 is 0. The van der Waals surface area contributed by atoms with E-state index in [-0.39, 0.29) is 0 Å². The Bertz CT molecular complexity index is 345. The van der Waals surface area contributed by atoms with Crippen LogP contribution in [0, 0.1) is 22.1 Å². The number of hydrogen-bond donors (Lipinski definition) is 1. The van der Waals surface area contributed by atoms with Crippen molar-refractivity contribution >= 4 is 0 Å². The maximum absolute atomic E-state index is 8.60. The van der Waals surface area contributed by atoms with Gasteiger partial charge in [-0.2, -0.15) is 14.0 Å². The van der Waals surface area contributed by atoms with E-state index in [1.807, 2.05) is 0 Å². The standard InChI is InChI=1S/C15H26N2.ClHO4/c1-3-7-16-11-13-9-12(14(16)5-1)10-17-8-4-2-6-15(13)17;2-1(3,4)5/h12-15H,1-11H2;(H,2,3,4,5)/t12-,13-,14-,15-;/m0./s1. The van der Waals surface area contributed by atoms with E-state index < -0.39 is 10.2 Å². The molecule has 4 saturated heterocycles. The summed E-state index contributed by atoms with van der Waals surface area (Å²) in [7, 11) is -4.69. The number of fused-ring (bicyclic) bond motifs is 6. The Hall–Kier alpha value is 0.0500. The van der Waals surface area contributed by atoms with Gasteiger partial charge in [-0.1, -0.05) is 12.8 Å². The molecule has 0 radical (unpaired) electrons. The van der Waals surface area contributed by atoms with E-state index in [4.69, 9.17) is 18.6 Å². The van der Waals surface area contributed by atoms with Crippen molar-refractivity contribution in [3.8, 4) is 0 Å². The molecule has 4 heterocycles. The molecule has 22 heavy (non-hydrogen) atoms. The number of halogens is 1. The Labute approximate surface area is 134 Å². The first-order valence-electron chi connectivity index (χ1n) is 8.53. The summed E-state index contributed by atoms with van der Waals surface area (Å²) in [6, 6.07) is 1.92. The maximum Gasteiger partial charge on any atom is 0.0777 e. The lowest BCUT2D eigenvalue weighted by Crippen LogP contribution is -2.63. The molecule has 0 aromatic heterocycles. The highest BCUT2D eigenvalue weighted by atomic mass is 35.7. The lowest BCUT2D eigenvalue weighted by atomic mass is 9.71. The molecule has 7 heteroatoms. The molecule has 0 spiro atoms. The first kappa shape index (κ1) is 16.9. The van der Waals surface area contributed by atoms with Gasteiger partial charge in [0.1, 0.15) is 0 Å². The Morgan fingerprint density at radius 2 is 1.18 bits per heavy atom. The molecule has 4 atom stereocenters. The van der Waals surface area contributed by atoms with Crippen molar-refractivity contribution in [2.45, 2.75) is 57.0 Å². The van der Waals surface area contributed by atoms with E-state index in [1.54, 1.807) is 6.42 Å². The Morgan fingerprint density at radius 3 is 1.59 bits per heavy atom. The minimum absolute atomic E-state index is 0.961. The highest BCUT2D eigenvalue weighted by Crippen LogP contribution is 2.42. The Morgan fingerprint density at radius 1 is 0.773 bits per heavy atom. The fraction of sp³-hybridized carbons (Fsp3) is 1.00. The van der Waals surface area contributed by atoms with Crippen LogP contribution in [0.15, 0.2) is 0 Å². The zero-order valence-electron chi connectivity index (χ0n) is 13.0. The van der Waals surface area contributed by atoms with Crippen molar-refractivity contribution in [3.63, 3.8) is 0 Å². The lowest BCUT2D eigenvalue weighted by molar-refractivity contribution is -1.92. The fourth-order valence-electron chi connectivity index (χ4n) is 5.25. The molecule has 1 N–H and O–H groups in total. The molecule has 6 nitrogen and oxygen atoms in total. The van der Waals surface area contributed by atoms with Crippen LogP contribution in [0.4, 0.5) is 0 Å². The molecular formula is C15H27ClN2O4. The van der Waals surface area contributed by atoms with Gasteiger partial charge in [0.25, 0.3) is 0 Å². The third-order valence-corrected chi connectivity index (χ3v) is 5.96. The summed E-state index contributed by atoms with van der Waals surface area (Å²) in [5, 5.41) is 0. The minimum Gasteiger partial charge on any atom is -0.300 e. The van der Waals surface area contributed by atoms with Crippen molar-refractivity contribution in [1.82, 2.24) is 9.80 Å². The second kappa shape index (κ2) is 6.89. The van der Waals surface area contributed by atoms with E-state index in [2.05, 4.69) is 9.80 Å². The molecule has 4 rings (SSSR count). The third kappa shape index (κ3) is 4.12. The highest BCUT2D eigenvalue weighted by molar-refractivity contribution is 5.00. The molecule has 0 aromatic rings. The fourth-order valence-corrected chi connectivity index (χ4v) is 5.25. The molecule has 128 valence electrons. The molecule has 4 aliphatic rings. The van der Waals surface area contributed by atoms with Gasteiger partial charge in [0.2, 0.25) is 0 Å². The van der Waals surface area contributed by atoms with Crippen molar-refractivity contribution in [2.24, 2.45) is 11.8 Å². The largest absolute Gasteiger partial charge is 0.300 e. The van der Waals surface area contributed by atoms with Gasteiger partial charge in [0, 0.05) is 25.2 Å². The van der Waals surface area contributed by atoms with Crippen LogP contribution in [-0.4, -0.2) is 52.7 Å². The topological polar surface area (TPSA) is 95.9 Å². The average molecular weight is 335 g/mol. The first-order valence-corrected chi connectivity index (χ1v) is 9.79. The number of hydrogen-bond acceptors (Lipinski definition) is 6. The van der Waals surface area contributed by atoms with Crippen LogP contribution in [0.25, 0.3) is 0 Å². The summed E-state index contributed by atoms with van der Waals surface area (Å²) in [5.41, 5.74) is 0. The van der Waals surface area contributed by atoms with Crippen LogP contribution in [0.2, 0.25) is 0 Å². The van der Waals surface area contributed by atoms with Crippen LogP contribution in [0.3, 0.4) is 0 Å². The average Bonchev–Trinajstić information content (AvgIpc) is 2.46. The van der Waals surface area contributed by atoms with E-state index in [0.29, 0.717) is 0 Å². The van der Waals surface area contributed by atoms with Gasteiger partial charge in [-0.3, -0.25) is 9.80 Å². The van der Waals surface area contributed by atoms with Crippen molar-refractivity contribution in [2.75, 3.05) is 26.2 Å². The van der Waals surface area contributed by atoms with Gasteiger partial charge in [-0.05, 0) is 57.0 Å². The normalized spacial score (nSPS) is 39.3. The summed E-state index contributed by atoms with van der Waals surface area (Å²) in [4.78, 5) is 5.74. The van der Waals surface area contributed by atoms with Gasteiger partial charge in [-0.25, -0.2) is 0 Å². The lowest BCUT2D eigenvalue weighted by Gasteiger charge is -2.57. The molecule has 4 fully saturated rings. The summed E-state index contributed by atoms with van der Waals surface area (Å²) in [6.07, 6.45) is 10.5. The summed E-state index contributed by atoms with van der Waals surface area (Å²) in [6.45, 7) is 5.68. The summed E-state index contributed by atoms with van der Waals surface area (Å²) < 4.78 is 32.7. The highest BCUT2D eigenvalue weighted by Gasteiger charge is 2.46. The number of nitrogens with zero attached hydrogens (tertiary/aromatic N) is 2. The maximum atomic E-state index is 8.60. The Balaban J connectivity index is 0.000000254.